The Balaban J connectivity index is 1.26. The van der Waals surface area contributed by atoms with Crippen LogP contribution >= 0.6 is 0 Å². The maximum absolute atomic E-state index is 10.8. The molecule has 1 atom stereocenters. The number of fused-ring (bicyclic) bond motifs is 7. The van der Waals surface area contributed by atoms with Crippen LogP contribution in [0.25, 0.3) is 77.4 Å². The Labute approximate surface area is 335 Å². The normalized spacial score (nSPS) is 14.2. The molecular formula is C53H34N4O. The highest BCUT2D eigenvalue weighted by Gasteiger charge is 2.30. The van der Waals surface area contributed by atoms with Gasteiger partial charge < -0.3 is 14.3 Å². The first kappa shape index (κ1) is 33.4. The van der Waals surface area contributed by atoms with Gasteiger partial charge in [0, 0.05) is 32.8 Å². The third-order valence-corrected chi connectivity index (χ3v) is 11.3. The molecule has 0 spiro atoms. The largest absolute Gasteiger partial charge is 0.455 e. The van der Waals surface area contributed by atoms with E-state index in [2.05, 4.69) is 143 Å². The van der Waals surface area contributed by atoms with Crippen molar-refractivity contribution in [1.82, 2.24) is 9.88 Å². The summed E-state index contributed by atoms with van der Waals surface area (Å²) < 4.78 is 9.07. The van der Waals surface area contributed by atoms with E-state index >= 15 is 0 Å². The van der Waals surface area contributed by atoms with Crippen LogP contribution in [0.5, 0.6) is 0 Å². The zero-order chi connectivity index (χ0) is 38.6. The molecule has 11 rings (SSSR count). The highest BCUT2D eigenvalue weighted by atomic mass is 16.3. The smallest absolute Gasteiger partial charge is 0.145 e. The zero-order valence-electron chi connectivity index (χ0n) is 31.3. The van der Waals surface area contributed by atoms with E-state index in [1.165, 1.54) is 0 Å². The molecule has 1 aliphatic rings. The molecule has 0 radical (unpaired) electrons. The maximum atomic E-state index is 10.8. The van der Waals surface area contributed by atoms with Gasteiger partial charge in [0.15, 0.2) is 0 Å². The van der Waals surface area contributed by atoms with Gasteiger partial charge in [-0.05, 0) is 58.7 Å². The number of nitriles is 1. The van der Waals surface area contributed by atoms with E-state index in [1.54, 1.807) is 0 Å². The van der Waals surface area contributed by atoms with Crippen molar-refractivity contribution in [1.29, 1.82) is 5.26 Å². The fraction of sp³-hybridized carbons (Fsp3) is 0.0189. The third kappa shape index (κ3) is 5.35. The SMILES string of the molecule is N#CC1=C(c2ccccc2)N=C(c2cc(-n3c4ccccc4c4c5oc6ccccc6c5ccc43)c(-c3ccccc3)cc2-c2ccccc2)NC1c1ccccc1. The summed E-state index contributed by atoms with van der Waals surface area (Å²) in [6.07, 6.45) is 0. The molecule has 272 valence electrons. The highest BCUT2D eigenvalue weighted by molar-refractivity contribution is 6.24. The lowest BCUT2D eigenvalue weighted by atomic mass is 9.89. The standard InChI is InChI=1S/C53H34N4O/c54-33-44-50(36-21-9-3-10-22-36)55-53(56-51(44)37-23-11-4-12-24-37)43-32-47(42(35-19-7-2-8-20-35)31-41(43)34-17-5-1-6-18-34)57-45-27-15-13-26-40(45)49-46(57)30-29-39-38-25-14-16-28-48(38)58-52(39)49/h1-32,50H,(H,55,56). The molecule has 1 unspecified atom stereocenters. The van der Waals surface area contributed by atoms with Crippen molar-refractivity contribution in [3.8, 4) is 34.0 Å². The molecule has 58 heavy (non-hydrogen) atoms. The predicted molar refractivity (Wildman–Crippen MR) is 237 cm³/mol. The number of aromatic nitrogens is 1. The van der Waals surface area contributed by atoms with Crippen molar-refractivity contribution in [2.45, 2.75) is 6.04 Å². The fourth-order valence-corrected chi connectivity index (χ4v) is 8.69. The molecule has 10 aromatic rings. The van der Waals surface area contributed by atoms with Crippen molar-refractivity contribution in [3.63, 3.8) is 0 Å². The van der Waals surface area contributed by atoms with E-state index < -0.39 is 6.04 Å². The van der Waals surface area contributed by atoms with Gasteiger partial charge in [0.2, 0.25) is 0 Å². The predicted octanol–water partition coefficient (Wildman–Crippen LogP) is 13.0. The van der Waals surface area contributed by atoms with Gasteiger partial charge in [-0.1, -0.05) is 158 Å². The molecule has 1 aliphatic heterocycles. The van der Waals surface area contributed by atoms with Gasteiger partial charge in [0.25, 0.3) is 0 Å². The molecule has 0 saturated heterocycles. The molecule has 0 bridgehead atoms. The average Bonchev–Trinajstić information content (AvgIpc) is 3.85. The molecule has 3 heterocycles. The fourth-order valence-electron chi connectivity index (χ4n) is 8.69. The van der Waals surface area contributed by atoms with Crippen LogP contribution in [0, 0.1) is 11.3 Å². The van der Waals surface area contributed by atoms with E-state index in [9.17, 15) is 5.26 Å². The lowest BCUT2D eigenvalue weighted by Gasteiger charge is -2.29. The van der Waals surface area contributed by atoms with E-state index in [4.69, 9.17) is 9.41 Å². The van der Waals surface area contributed by atoms with Crippen LogP contribution in [0.4, 0.5) is 0 Å². The van der Waals surface area contributed by atoms with Crippen LogP contribution in [-0.4, -0.2) is 10.4 Å². The van der Waals surface area contributed by atoms with Gasteiger partial charge >= 0.3 is 0 Å². The lowest BCUT2D eigenvalue weighted by Crippen LogP contribution is -2.34. The number of hydrogen-bond acceptors (Lipinski definition) is 4. The molecule has 0 aliphatic carbocycles. The Hall–Kier alpha value is -7.94. The average molecular weight is 743 g/mol. The first-order valence-electron chi connectivity index (χ1n) is 19.5. The number of aliphatic imine (C=N–C) groups is 1. The lowest BCUT2D eigenvalue weighted by molar-refractivity contribution is 0.673. The van der Waals surface area contributed by atoms with Crippen LogP contribution in [0.15, 0.2) is 209 Å². The number of furan rings is 1. The molecular weight excluding hydrogens is 709 g/mol. The number of benzene rings is 8. The van der Waals surface area contributed by atoms with Gasteiger partial charge in [-0.3, -0.25) is 0 Å². The topological polar surface area (TPSA) is 66.2 Å². The summed E-state index contributed by atoms with van der Waals surface area (Å²) >= 11 is 0. The number of para-hydroxylation sites is 2. The first-order valence-corrected chi connectivity index (χ1v) is 19.5. The molecule has 0 fully saturated rings. The Kier molecular flexibility index (Phi) is 7.87. The van der Waals surface area contributed by atoms with Gasteiger partial charge in [-0.2, -0.15) is 5.26 Å². The number of nitrogens with zero attached hydrogens (tertiary/aromatic N) is 3. The van der Waals surface area contributed by atoms with Gasteiger partial charge in [0.1, 0.15) is 17.0 Å². The van der Waals surface area contributed by atoms with Crippen LogP contribution in [0.3, 0.4) is 0 Å². The summed E-state index contributed by atoms with van der Waals surface area (Å²) in [5.74, 6) is 0.687. The molecule has 8 aromatic carbocycles. The summed E-state index contributed by atoms with van der Waals surface area (Å²) in [6.45, 7) is 0. The summed E-state index contributed by atoms with van der Waals surface area (Å²) in [7, 11) is 0. The Morgan fingerprint density at radius 2 is 1.14 bits per heavy atom. The number of nitrogens with one attached hydrogen (secondary N) is 1. The van der Waals surface area contributed by atoms with E-state index in [-0.39, 0.29) is 0 Å². The Morgan fingerprint density at radius 3 is 1.84 bits per heavy atom. The van der Waals surface area contributed by atoms with Crippen LogP contribution in [-0.2, 0) is 0 Å². The van der Waals surface area contributed by atoms with Gasteiger partial charge in [-0.25, -0.2) is 4.99 Å². The van der Waals surface area contributed by atoms with Crippen molar-refractivity contribution in [3.05, 3.63) is 216 Å². The van der Waals surface area contributed by atoms with Crippen LogP contribution in [0.1, 0.15) is 22.7 Å². The minimum atomic E-state index is -0.426. The van der Waals surface area contributed by atoms with E-state index in [0.717, 1.165) is 88.4 Å². The Bertz CT molecular complexity index is 3300. The number of amidine groups is 1. The van der Waals surface area contributed by atoms with Crippen LogP contribution in [0.2, 0.25) is 0 Å². The van der Waals surface area contributed by atoms with Crippen LogP contribution < -0.4 is 5.32 Å². The second-order valence-electron chi connectivity index (χ2n) is 14.6. The molecule has 0 saturated carbocycles. The molecule has 2 aromatic heterocycles. The molecule has 0 amide bonds. The third-order valence-electron chi connectivity index (χ3n) is 11.3. The summed E-state index contributed by atoms with van der Waals surface area (Å²) in [4.78, 5) is 5.39. The highest BCUT2D eigenvalue weighted by Crippen LogP contribution is 2.44. The van der Waals surface area contributed by atoms with Crippen molar-refractivity contribution in [2.24, 2.45) is 4.99 Å². The second-order valence-corrected chi connectivity index (χ2v) is 14.6. The minimum absolute atomic E-state index is 0.426. The quantitative estimate of drug-likeness (QED) is 0.184. The summed E-state index contributed by atoms with van der Waals surface area (Å²) in [5.41, 5.74) is 13.1. The zero-order valence-corrected chi connectivity index (χ0v) is 31.3. The van der Waals surface area contributed by atoms with Crippen molar-refractivity contribution in [2.75, 3.05) is 0 Å². The summed E-state index contributed by atoms with van der Waals surface area (Å²) in [6, 6.07) is 69.3. The number of hydrogen-bond donors (Lipinski definition) is 1. The molecule has 1 N–H and O–H groups in total. The van der Waals surface area contributed by atoms with Crippen molar-refractivity contribution < 1.29 is 4.42 Å². The second kappa shape index (κ2) is 13.7. The van der Waals surface area contributed by atoms with Gasteiger partial charge in [-0.15, -0.1) is 0 Å². The molecule has 5 nitrogen and oxygen atoms in total. The minimum Gasteiger partial charge on any atom is -0.455 e. The first-order chi connectivity index (χ1) is 28.7. The van der Waals surface area contributed by atoms with Gasteiger partial charge in [0.05, 0.1) is 45.5 Å². The van der Waals surface area contributed by atoms with E-state index in [1.807, 2.05) is 66.7 Å². The number of rotatable bonds is 6. The van der Waals surface area contributed by atoms with Crippen molar-refractivity contribution >= 4 is 55.3 Å². The monoisotopic (exact) mass is 742 g/mol. The van der Waals surface area contributed by atoms with E-state index in [0.29, 0.717) is 17.1 Å². The molecule has 5 heteroatoms. The summed E-state index contributed by atoms with van der Waals surface area (Å²) in [5, 5.41) is 18.9. The Morgan fingerprint density at radius 1 is 0.534 bits per heavy atom. The maximum Gasteiger partial charge on any atom is 0.145 e.